The number of hydrogen-bond acceptors (Lipinski definition) is 6. The van der Waals surface area contributed by atoms with Crippen molar-refractivity contribution in [3.05, 3.63) is 85.1 Å². The molecule has 0 unspecified atom stereocenters. The van der Waals surface area contributed by atoms with Crippen molar-refractivity contribution >= 4 is 17.9 Å². The molecule has 6 nitrogen and oxygen atoms in total. The fourth-order valence-electron chi connectivity index (χ4n) is 8.04. The summed E-state index contributed by atoms with van der Waals surface area (Å²) in [7, 11) is 0. The Balaban J connectivity index is 4.45. The third-order valence-electron chi connectivity index (χ3n) is 12.4. The maximum absolute atomic E-state index is 12.8. The van der Waals surface area contributed by atoms with Gasteiger partial charge >= 0.3 is 17.9 Å². The van der Waals surface area contributed by atoms with Gasteiger partial charge < -0.3 is 14.2 Å². The maximum atomic E-state index is 12.8. The topological polar surface area (TPSA) is 78.9 Å². The Labute approximate surface area is 426 Å². The molecule has 0 aromatic rings. The molecular formula is C63H108O6. The van der Waals surface area contributed by atoms with E-state index in [0.717, 1.165) is 83.5 Å². The molecule has 0 heterocycles. The Morgan fingerprint density at radius 2 is 0.580 bits per heavy atom. The zero-order valence-corrected chi connectivity index (χ0v) is 45.3. The minimum Gasteiger partial charge on any atom is -0.462 e. The predicted octanol–water partition coefficient (Wildman–Crippen LogP) is 19.5. The lowest BCUT2D eigenvalue weighted by molar-refractivity contribution is -0.167. The van der Waals surface area contributed by atoms with E-state index in [1.54, 1.807) is 0 Å². The summed E-state index contributed by atoms with van der Waals surface area (Å²) in [5, 5.41) is 0. The monoisotopic (exact) mass is 961 g/mol. The molecule has 6 heteroatoms. The number of esters is 3. The first-order chi connectivity index (χ1) is 34.0. The first kappa shape index (κ1) is 65.6. The molecule has 0 aliphatic rings. The average molecular weight is 962 g/mol. The lowest BCUT2D eigenvalue weighted by Crippen LogP contribution is -2.30. The summed E-state index contributed by atoms with van der Waals surface area (Å²) in [6.45, 7) is 6.47. The second-order valence-corrected chi connectivity index (χ2v) is 19.2. The van der Waals surface area contributed by atoms with Crippen LogP contribution in [0, 0.1) is 0 Å². The van der Waals surface area contributed by atoms with Crippen LogP contribution in [-0.2, 0) is 28.6 Å². The number of unbranched alkanes of at least 4 members (excludes halogenated alkanes) is 27. The number of carbonyl (C=O) groups excluding carboxylic acids is 3. The van der Waals surface area contributed by atoms with E-state index < -0.39 is 6.10 Å². The smallest absolute Gasteiger partial charge is 0.306 e. The predicted molar refractivity (Wildman–Crippen MR) is 297 cm³/mol. The molecule has 0 N–H and O–H groups in total. The molecule has 0 radical (unpaired) electrons. The lowest BCUT2D eigenvalue weighted by atomic mass is 10.0. The quantitative estimate of drug-likeness (QED) is 0.0262. The van der Waals surface area contributed by atoms with Crippen molar-refractivity contribution in [2.24, 2.45) is 0 Å². The molecule has 0 aliphatic carbocycles. The van der Waals surface area contributed by atoms with E-state index in [1.165, 1.54) is 148 Å². The van der Waals surface area contributed by atoms with Gasteiger partial charge in [-0.15, -0.1) is 0 Å². The van der Waals surface area contributed by atoms with Gasteiger partial charge in [0.15, 0.2) is 6.10 Å². The Morgan fingerprint density at radius 1 is 0.304 bits per heavy atom. The SMILES string of the molecule is CC/C=C/C/C=C/C/C=C/C/C=C/C/C=C/CCCC(=O)O[C@@H](COC(=O)CCCCCCCCCCC/C=C/C/C=C/CCCCC)COC(=O)CCCCCCCCCCCCCCCCC. The summed E-state index contributed by atoms with van der Waals surface area (Å²) in [4.78, 5) is 38.2. The zero-order chi connectivity index (χ0) is 50.0. The largest absolute Gasteiger partial charge is 0.462 e. The van der Waals surface area contributed by atoms with Crippen LogP contribution in [0.3, 0.4) is 0 Å². The molecule has 1 atom stereocenters. The third kappa shape index (κ3) is 55.4. The van der Waals surface area contributed by atoms with Gasteiger partial charge in [-0.05, 0) is 89.9 Å². The summed E-state index contributed by atoms with van der Waals surface area (Å²) in [5.41, 5.74) is 0. The highest BCUT2D eigenvalue weighted by molar-refractivity contribution is 5.71. The van der Waals surface area contributed by atoms with Gasteiger partial charge in [0.05, 0.1) is 0 Å². The molecule has 0 amide bonds. The minimum atomic E-state index is -0.807. The normalized spacial score (nSPS) is 12.7. The van der Waals surface area contributed by atoms with Gasteiger partial charge in [0, 0.05) is 19.3 Å². The molecule has 396 valence electrons. The van der Waals surface area contributed by atoms with Crippen molar-refractivity contribution in [3.63, 3.8) is 0 Å². The highest BCUT2D eigenvalue weighted by atomic mass is 16.6. The van der Waals surface area contributed by atoms with Gasteiger partial charge in [-0.25, -0.2) is 0 Å². The Hall–Kier alpha value is -3.41. The van der Waals surface area contributed by atoms with Crippen LogP contribution in [0.25, 0.3) is 0 Å². The van der Waals surface area contributed by atoms with Crippen LogP contribution in [0.4, 0.5) is 0 Å². The van der Waals surface area contributed by atoms with Crippen LogP contribution < -0.4 is 0 Å². The maximum Gasteiger partial charge on any atom is 0.306 e. The van der Waals surface area contributed by atoms with Crippen molar-refractivity contribution in [1.82, 2.24) is 0 Å². The van der Waals surface area contributed by atoms with E-state index in [-0.39, 0.29) is 37.5 Å². The van der Waals surface area contributed by atoms with Crippen LogP contribution in [0.15, 0.2) is 85.1 Å². The van der Waals surface area contributed by atoms with Crippen molar-refractivity contribution in [2.75, 3.05) is 13.2 Å². The fourth-order valence-corrected chi connectivity index (χ4v) is 8.04. The van der Waals surface area contributed by atoms with Gasteiger partial charge in [-0.1, -0.05) is 254 Å². The number of hydrogen-bond donors (Lipinski definition) is 0. The summed E-state index contributed by atoms with van der Waals surface area (Å²) >= 11 is 0. The Bertz CT molecular complexity index is 1330. The van der Waals surface area contributed by atoms with Gasteiger partial charge in [0.2, 0.25) is 0 Å². The van der Waals surface area contributed by atoms with E-state index in [0.29, 0.717) is 19.3 Å². The molecule has 0 saturated heterocycles. The first-order valence-corrected chi connectivity index (χ1v) is 29.1. The van der Waals surface area contributed by atoms with E-state index in [2.05, 4.69) is 106 Å². The number of allylic oxidation sites excluding steroid dienone is 14. The Morgan fingerprint density at radius 3 is 0.957 bits per heavy atom. The molecule has 0 bridgehead atoms. The number of rotatable bonds is 52. The van der Waals surface area contributed by atoms with Crippen LogP contribution in [0.2, 0.25) is 0 Å². The summed E-state index contributed by atoms with van der Waals surface area (Å²) in [6, 6.07) is 0. The fraction of sp³-hybridized carbons (Fsp3) is 0.730. The zero-order valence-electron chi connectivity index (χ0n) is 45.3. The van der Waals surface area contributed by atoms with Gasteiger partial charge in [0.25, 0.3) is 0 Å². The van der Waals surface area contributed by atoms with Crippen LogP contribution in [0.5, 0.6) is 0 Å². The molecule has 0 spiro atoms. The van der Waals surface area contributed by atoms with E-state index in [4.69, 9.17) is 14.2 Å². The molecular weight excluding hydrogens is 853 g/mol. The highest BCUT2D eigenvalue weighted by Gasteiger charge is 2.19. The Kier molecular flexibility index (Phi) is 54.3. The number of ether oxygens (including phenoxy) is 3. The van der Waals surface area contributed by atoms with Crippen molar-refractivity contribution < 1.29 is 28.6 Å². The lowest BCUT2D eigenvalue weighted by Gasteiger charge is -2.18. The number of carbonyl (C=O) groups is 3. The summed E-state index contributed by atoms with van der Waals surface area (Å²) < 4.78 is 16.8. The highest BCUT2D eigenvalue weighted by Crippen LogP contribution is 2.16. The van der Waals surface area contributed by atoms with E-state index in [9.17, 15) is 14.4 Å². The second-order valence-electron chi connectivity index (χ2n) is 19.2. The molecule has 0 fully saturated rings. The van der Waals surface area contributed by atoms with Crippen LogP contribution >= 0.6 is 0 Å². The van der Waals surface area contributed by atoms with Crippen LogP contribution in [0.1, 0.15) is 278 Å². The van der Waals surface area contributed by atoms with E-state index >= 15 is 0 Å². The van der Waals surface area contributed by atoms with Crippen LogP contribution in [-0.4, -0.2) is 37.2 Å². The molecule has 69 heavy (non-hydrogen) atoms. The van der Waals surface area contributed by atoms with Crippen molar-refractivity contribution in [3.8, 4) is 0 Å². The average Bonchev–Trinajstić information content (AvgIpc) is 3.35. The molecule has 0 saturated carbocycles. The summed E-state index contributed by atoms with van der Waals surface area (Å²) in [5.74, 6) is -0.953. The second kappa shape index (κ2) is 57.2. The van der Waals surface area contributed by atoms with Gasteiger partial charge in [-0.2, -0.15) is 0 Å². The van der Waals surface area contributed by atoms with E-state index in [1.807, 2.05) is 0 Å². The van der Waals surface area contributed by atoms with Gasteiger partial charge in [-0.3, -0.25) is 14.4 Å². The molecule has 0 rings (SSSR count). The summed E-state index contributed by atoms with van der Waals surface area (Å²) in [6.07, 6.45) is 74.3. The van der Waals surface area contributed by atoms with Gasteiger partial charge in [0.1, 0.15) is 13.2 Å². The first-order valence-electron chi connectivity index (χ1n) is 29.1. The molecule has 0 aromatic heterocycles. The molecule has 0 aliphatic heterocycles. The van der Waals surface area contributed by atoms with Crippen molar-refractivity contribution in [1.29, 1.82) is 0 Å². The third-order valence-corrected chi connectivity index (χ3v) is 12.4. The standard InChI is InChI=1S/C63H108O6/c1-4-7-10-13-16-19-22-25-28-30-31-33-35-38-41-44-47-50-53-56-62(65)68-59-60(58-67-61(64)55-52-49-46-43-40-37-34-27-24-21-18-15-12-9-6-3)69-63(66)57-54-51-48-45-42-39-36-32-29-26-23-20-17-14-11-8-5-2/h8,11,16-17,19-20,25-26,28-29,36,39,45,48,60H,4-7,9-10,12-15,18,21-24,27,30-35,37-38,40-44,46-47,49-59H2,1-3H3/b11-8+,19-16+,20-17+,28-25+,29-26+,39-36+,48-45+/t60-/m1/s1. The molecule has 0 aromatic carbocycles. The van der Waals surface area contributed by atoms with Crippen molar-refractivity contribution in [2.45, 2.75) is 284 Å². The minimum absolute atomic E-state index is 0.0983.